The predicted molar refractivity (Wildman–Crippen MR) is 115 cm³/mol. The van der Waals surface area contributed by atoms with Crippen molar-refractivity contribution in [1.82, 2.24) is 21.5 Å². The summed E-state index contributed by atoms with van der Waals surface area (Å²) in [7, 11) is 0. The Morgan fingerprint density at radius 1 is 0.781 bits per heavy atom. The predicted octanol–water partition coefficient (Wildman–Crippen LogP) is -6.32. The zero-order valence-corrected chi connectivity index (χ0v) is 18.4. The fourth-order valence-electron chi connectivity index (χ4n) is 3.21. The highest BCUT2D eigenvalue weighted by molar-refractivity contribution is 7.80. The van der Waals surface area contributed by atoms with Crippen molar-refractivity contribution in [2.75, 3.05) is 13.1 Å². The lowest BCUT2D eigenvalue weighted by atomic mass is 9.99. The summed E-state index contributed by atoms with van der Waals surface area (Å²) in [6.07, 6.45) is -14.6. The Kier molecular flexibility index (Phi) is 10.5. The summed E-state index contributed by atoms with van der Waals surface area (Å²) >= 11 is 9.69. The molecule has 0 radical (unpaired) electrons. The average molecular weight is 503 g/mol. The Morgan fingerprint density at radius 3 is 1.81 bits per heavy atom. The number of aliphatic hydroxyl groups excluding tert-OH is 6. The van der Waals surface area contributed by atoms with Crippen LogP contribution in [0.15, 0.2) is 0 Å². The van der Waals surface area contributed by atoms with E-state index in [1.54, 1.807) is 0 Å². The molecule has 186 valence electrons. The molecule has 2 aliphatic heterocycles. The molecule has 2 rings (SSSR count). The third-order valence-electron chi connectivity index (χ3n) is 5.03. The van der Waals surface area contributed by atoms with Gasteiger partial charge in [-0.25, -0.2) is 11.7 Å². The maximum atomic E-state index is 10.3. The topological polar surface area (TPSA) is 249 Å². The first-order valence-corrected chi connectivity index (χ1v) is 10.4. The summed E-state index contributed by atoms with van der Waals surface area (Å²) in [4.78, 5) is 0. The van der Waals surface area contributed by atoms with Crippen LogP contribution in [0.5, 0.6) is 0 Å². The first-order chi connectivity index (χ1) is 15.1. The third-order valence-corrected chi connectivity index (χ3v) is 5.55. The van der Waals surface area contributed by atoms with E-state index in [0.717, 1.165) is 0 Å². The molecule has 0 spiro atoms. The second-order valence-electron chi connectivity index (χ2n) is 7.25. The molecule has 2 saturated heterocycles. The molecular formula is C15H30N6O9S2. The van der Waals surface area contributed by atoms with Gasteiger partial charge in [0.2, 0.25) is 0 Å². The minimum Gasteiger partial charge on any atom is -0.390 e. The molecule has 10 atom stereocenters. The monoisotopic (exact) mass is 502 g/mol. The number of hydrogen-bond donors (Lipinski definition) is 12. The molecule has 0 bridgehead atoms. The van der Waals surface area contributed by atoms with Crippen LogP contribution in [0, 0.1) is 0 Å². The quantitative estimate of drug-likeness (QED) is 0.0916. The Bertz CT molecular complexity index is 640. The molecule has 0 aromatic heterocycles. The van der Waals surface area contributed by atoms with Crippen molar-refractivity contribution in [3.8, 4) is 0 Å². The molecule has 0 amide bonds. The van der Waals surface area contributed by atoms with Crippen LogP contribution in [-0.2, 0) is 14.2 Å². The van der Waals surface area contributed by atoms with Gasteiger partial charge < -0.3 is 66.3 Å². The van der Waals surface area contributed by atoms with Crippen molar-refractivity contribution in [1.29, 1.82) is 0 Å². The Hall–Kier alpha value is -1.06. The van der Waals surface area contributed by atoms with Crippen LogP contribution in [0.3, 0.4) is 0 Å². The highest BCUT2D eigenvalue weighted by Gasteiger charge is 2.47. The molecular weight excluding hydrogens is 472 g/mol. The smallest absolute Gasteiger partial charge is 0.189 e. The molecule has 14 N–H and O–H groups in total. The fraction of sp³-hybridized carbons (Fsp3) is 0.867. The van der Waals surface area contributed by atoms with Crippen molar-refractivity contribution in [2.45, 2.75) is 67.8 Å². The van der Waals surface area contributed by atoms with Gasteiger partial charge in [-0.3, -0.25) is 0 Å². The zero-order chi connectivity index (χ0) is 24.0. The van der Waals surface area contributed by atoms with E-state index in [1.165, 1.54) is 0 Å². The number of ether oxygens (including phenoxy) is 3. The molecule has 32 heavy (non-hydrogen) atoms. The molecule has 15 nitrogen and oxygen atoms in total. The third kappa shape index (κ3) is 6.97. The van der Waals surface area contributed by atoms with E-state index in [-0.39, 0.29) is 29.7 Å². The summed E-state index contributed by atoms with van der Waals surface area (Å²) in [5.74, 6) is 10.3. The molecule has 2 fully saturated rings. The first kappa shape index (κ1) is 27.2. The second-order valence-corrected chi connectivity index (χ2v) is 8.06. The van der Waals surface area contributed by atoms with Crippen LogP contribution >= 0.6 is 24.4 Å². The normalized spacial score (nSPS) is 40.1. The molecule has 0 saturated carbocycles. The fourth-order valence-corrected chi connectivity index (χ4v) is 3.37. The van der Waals surface area contributed by atoms with Crippen LogP contribution in [0.2, 0.25) is 0 Å². The zero-order valence-electron chi connectivity index (χ0n) is 16.8. The first-order valence-electron chi connectivity index (χ1n) is 9.62. The summed E-state index contributed by atoms with van der Waals surface area (Å²) < 4.78 is 16.8. The maximum Gasteiger partial charge on any atom is 0.189 e. The number of nitrogens with one attached hydrogen (secondary N) is 4. The van der Waals surface area contributed by atoms with Gasteiger partial charge in [-0.15, -0.1) is 0 Å². The van der Waals surface area contributed by atoms with Crippen molar-refractivity contribution in [3.05, 3.63) is 0 Å². The van der Waals surface area contributed by atoms with E-state index in [1.807, 2.05) is 0 Å². The van der Waals surface area contributed by atoms with E-state index in [9.17, 15) is 30.6 Å². The molecule has 7 unspecified atom stereocenters. The number of thiocarbonyl (C=S) groups is 2. The molecule has 0 aromatic rings. The van der Waals surface area contributed by atoms with E-state index >= 15 is 0 Å². The molecule has 2 aliphatic rings. The average Bonchev–Trinajstić information content (AvgIpc) is 2.88. The second kappa shape index (κ2) is 12.4. The number of hydrogen-bond acceptors (Lipinski definition) is 13. The van der Waals surface area contributed by atoms with Crippen molar-refractivity contribution in [3.63, 3.8) is 0 Å². The van der Waals surface area contributed by atoms with E-state index in [0.29, 0.717) is 0 Å². The lowest BCUT2D eigenvalue weighted by molar-refractivity contribution is -0.339. The number of nitrogens with two attached hydrogens (primary N) is 2. The minimum absolute atomic E-state index is 0.0425. The van der Waals surface area contributed by atoms with Crippen molar-refractivity contribution in [2.24, 2.45) is 11.7 Å². The van der Waals surface area contributed by atoms with E-state index in [2.05, 4.69) is 21.5 Å². The van der Waals surface area contributed by atoms with Gasteiger partial charge in [-0.1, -0.05) is 0 Å². The van der Waals surface area contributed by atoms with Gasteiger partial charge in [0.05, 0.1) is 6.10 Å². The Balaban J connectivity index is 2.09. The van der Waals surface area contributed by atoms with E-state index in [4.69, 9.17) is 50.3 Å². The van der Waals surface area contributed by atoms with Gasteiger partial charge >= 0.3 is 0 Å². The Morgan fingerprint density at radius 2 is 1.28 bits per heavy atom. The van der Waals surface area contributed by atoms with Crippen LogP contribution in [0.1, 0.15) is 6.42 Å². The van der Waals surface area contributed by atoms with Crippen LogP contribution in [-0.4, -0.2) is 115 Å². The lowest BCUT2D eigenvalue weighted by Gasteiger charge is -2.41. The minimum atomic E-state index is -1.68. The van der Waals surface area contributed by atoms with Crippen LogP contribution in [0.25, 0.3) is 0 Å². The van der Waals surface area contributed by atoms with Crippen LogP contribution in [0.4, 0.5) is 0 Å². The van der Waals surface area contributed by atoms with Crippen LogP contribution < -0.4 is 33.2 Å². The number of hydrazine groups is 2. The highest BCUT2D eigenvalue weighted by atomic mass is 32.1. The molecule has 0 aliphatic carbocycles. The Labute approximate surface area is 193 Å². The standard InChI is InChI=1S/C15H30N6O9S2/c16-20-14(31)18-2-5-9(24)8(23)4(22)1-7(28-5)30-13-12(27)11(26)10(25)6(29-13)3-19-15(32)21-17/h4-13,22-27H,1-3,16-17H2,(H2,18,20,31)(H2,19,21,32)/t4?,5?,6?,7?,8?,9-,10-,11?,12?,13-/m1/s1. The van der Waals surface area contributed by atoms with E-state index < -0.39 is 61.4 Å². The summed E-state index contributed by atoms with van der Waals surface area (Å²) in [5, 5.41) is 66.6. The van der Waals surface area contributed by atoms with Crippen molar-refractivity contribution >= 4 is 34.7 Å². The van der Waals surface area contributed by atoms with Crippen molar-refractivity contribution < 1.29 is 44.8 Å². The van der Waals surface area contributed by atoms with Gasteiger partial charge in [0.25, 0.3) is 0 Å². The highest BCUT2D eigenvalue weighted by Crippen LogP contribution is 2.27. The molecule has 2 heterocycles. The van der Waals surface area contributed by atoms with Gasteiger partial charge in [0, 0.05) is 19.5 Å². The van der Waals surface area contributed by atoms with Gasteiger partial charge in [0.15, 0.2) is 22.8 Å². The summed E-state index contributed by atoms with van der Waals surface area (Å²) in [6.45, 7) is -0.200. The maximum absolute atomic E-state index is 10.3. The largest absolute Gasteiger partial charge is 0.390 e. The summed E-state index contributed by atoms with van der Waals surface area (Å²) in [5.41, 5.74) is 4.37. The number of aliphatic hydroxyl groups is 6. The molecule has 17 heteroatoms. The van der Waals surface area contributed by atoms with Gasteiger partial charge in [0.1, 0.15) is 42.7 Å². The SMILES string of the molecule is NNC(=S)NCC1OC(O[C@H]2OC(CNC(=S)NN)[C@@H](O)C(O)C2O)CC(O)C(O)[C@@H]1O. The van der Waals surface area contributed by atoms with Gasteiger partial charge in [-0.2, -0.15) is 0 Å². The number of rotatable bonds is 6. The summed E-state index contributed by atoms with van der Waals surface area (Å²) in [6, 6.07) is 0. The lowest BCUT2D eigenvalue weighted by Crippen LogP contribution is -2.61. The van der Waals surface area contributed by atoms with Gasteiger partial charge in [-0.05, 0) is 24.4 Å². The molecule has 0 aromatic carbocycles.